The van der Waals surface area contributed by atoms with Gasteiger partial charge in [-0.1, -0.05) is 6.07 Å². The van der Waals surface area contributed by atoms with Crippen LogP contribution in [0.25, 0.3) is 6.08 Å². The maximum absolute atomic E-state index is 12.6. The van der Waals surface area contributed by atoms with Crippen LogP contribution in [0.3, 0.4) is 0 Å². The van der Waals surface area contributed by atoms with Crippen molar-refractivity contribution in [3.05, 3.63) is 89.8 Å². The fourth-order valence-corrected chi connectivity index (χ4v) is 2.38. The molecule has 3 aromatic rings. The number of benzene rings is 1. The first-order valence-electron chi connectivity index (χ1n) is 8.54. The van der Waals surface area contributed by atoms with Crippen molar-refractivity contribution < 1.29 is 18.7 Å². The molecule has 0 aliphatic heterocycles. The summed E-state index contributed by atoms with van der Waals surface area (Å²) in [6, 6.07) is 15.4. The first-order valence-corrected chi connectivity index (χ1v) is 8.54. The van der Waals surface area contributed by atoms with Crippen LogP contribution in [0.2, 0.25) is 0 Å². The normalized spacial score (nSPS) is 11.0. The Bertz CT molecular complexity index is 949. The van der Waals surface area contributed by atoms with Crippen molar-refractivity contribution in [1.82, 2.24) is 15.6 Å². The number of hydrogen-bond donors (Lipinski definition) is 2. The predicted octanol–water partition coefficient (Wildman–Crippen LogP) is 2.77. The largest absolute Gasteiger partial charge is 0.497 e. The first kappa shape index (κ1) is 18.9. The molecule has 1 aromatic carbocycles. The van der Waals surface area contributed by atoms with Crippen molar-refractivity contribution >= 4 is 17.9 Å². The minimum atomic E-state index is -0.455. The fraction of sp³-hybridized carbons (Fsp3) is 0.0952. The van der Waals surface area contributed by atoms with Gasteiger partial charge >= 0.3 is 0 Å². The summed E-state index contributed by atoms with van der Waals surface area (Å²) < 4.78 is 10.3. The van der Waals surface area contributed by atoms with E-state index in [0.29, 0.717) is 22.8 Å². The van der Waals surface area contributed by atoms with Crippen LogP contribution in [0.5, 0.6) is 5.75 Å². The van der Waals surface area contributed by atoms with Crippen LogP contribution in [0.15, 0.2) is 77.2 Å². The Morgan fingerprint density at radius 3 is 2.57 bits per heavy atom. The molecule has 2 heterocycles. The lowest BCUT2D eigenvalue weighted by Gasteiger charge is -2.11. The second-order valence-corrected chi connectivity index (χ2v) is 5.76. The van der Waals surface area contributed by atoms with E-state index in [0.717, 1.165) is 0 Å². The van der Waals surface area contributed by atoms with E-state index in [2.05, 4.69) is 15.6 Å². The van der Waals surface area contributed by atoms with Gasteiger partial charge in [-0.05, 0) is 48.5 Å². The van der Waals surface area contributed by atoms with E-state index in [-0.39, 0.29) is 12.2 Å². The van der Waals surface area contributed by atoms with Crippen LogP contribution in [-0.4, -0.2) is 23.9 Å². The standard InChI is InChI=1S/C21H19N3O4/c1-27-17-9-7-15(8-10-17)20(25)24-19(13-18-6-4-12-28-18)21(26)23-14-16-5-2-3-11-22-16/h2-13H,14H2,1H3,(H,23,26)(H,24,25)/b19-13-. The summed E-state index contributed by atoms with van der Waals surface area (Å²) >= 11 is 0. The highest BCUT2D eigenvalue weighted by Gasteiger charge is 2.15. The molecule has 0 atom stereocenters. The third kappa shape index (κ3) is 5.07. The molecule has 2 amide bonds. The van der Waals surface area contributed by atoms with Gasteiger partial charge in [-0.25, -0.2) is 0 Å². The number of furan rings is 1. The lowest BCUT2D eigenvalue weighted by molar-refractivity contribution is -0.117. The van der Waals surface area contributed by atoms with E-state index in [1.165, 1.54) is 12.3 Å². The third-order valence-corrected chi connectivity index (χ3v) is 3.83. The zero-order chi connectivity index (χ0) is 19.8. The van der Waals surface area contributed by atoms with Crippen LogP contribution in [0.1, 0.15) is 21.8 Å². The average Bonchev–Trinajstić information content (AvgIpc) is 3.25. The van der Waals surface area contributed by atoms with Crippen LogP contribution in [0, 0.1) is 0 Å². The van der Waals surface area contributed by atoms with Gasteiger partial charge in [0.1, 0.15) is 17.2 Å². The molecular weight excluding hydrogens is 358 g/mol. The molecule has 0 spiro atoms. The molecule has 2 aromatic heterocycles. The average molecular weight is 377 g/mol. The van der Waals surface area contributed by atoms with Gasteiger partial charge in [0.25, 0.3) is 11.8 Å². The van der Waals surface area contributed by atoms with Gasteiger partial charge in [0.2, 0.25) is 0 Å². The van der Waals surface area contributed by atoms with E-state index in [4.69, 9.17) is 9.15 Å². The van der Waals surface area contributed by atoms with Crippen molar-refractivity contribution in [3.63, 3.8) is 0 Å². The molecule has 0 radical (unpaired) electrons. The number of methoxy groups -OCH3 is 1. The Kier molecular flexibility index (Phi) is 6.20. The van der Waals surface area contributed by atoms with Crippen molar-refractivity contribution in [2.24, 2.45) is 0 Å². The van der Waals surface area contributed by atoms with Gasteiger partial charge < -0.3 is 19.8 Å². The number of nitrogens with zero attached hydrogens (tertiary/aromatic N) is 1. The molecular formula is C21H19N3O4. The predicted molar refractivity (Wildman–Crippen MR) is 103 cm³/mol. The molecule has 0 bridgehead atoms. The van der Waals surface area contributed by atoms with Gasteiger partial charge in [-0.15, -0.1) is 0 Å². The Hall–Kier alpha value is -3.87. The minimum Gasteiger partial charge on any atom is -0.497 e. The van der Waals surface area contributed by atoms with E-state index < -0.39 is 11.8 Å². The fourth-order valence-electron chi connectivity index (χ4n) is 2.38. The van der Waals surface area contributed by atoms with Crippen molar-refractivity contribution in [2.75, 3.05) is 7.11 Å². The topological polar surface area (TPSA) is 93.5 Å². The second kappa shape index (κ2) is 9.18. The minimum absolute atomic E-state index is 0.0618. The van der Waals surface area contributed by atoms with Gasteiger partial charge in [-0.3, -0.25) is 14.6 Å². The molecule has 0 aliphatic rings. The van der Waals surface area contributed by atoms with E-state index >= 15 is 0 Å². The lowest BCUT2D eigenvalue weighted by atomic mass is 10.2. The van der Waals surface area contributed by atoms with Gasteiger partial charge in [0.05, 0.1) is 25.6 Å². The van der Waals surface area contributed by atoms with Crippen LogP contribution in [0.4, 0.5) is 0 Å². The first-order chi connectivity index (χ1) is 13.7. The molecule has 3 rings (SSSR count). The number of amides is 2. The van der Waals surface area contributed by atoms with Gasteiger partial charge in [0, 0.05) is 17.8 Å². The molecule has 0 saturated heterocycles. The Morgan fingerprint density at radius 2 is 1.93 bits per heavy atom. The highest BCUT2D eigenvalue weighted by Crippen LogP contribution is 2.12. The Morgan fingerprint density at radius 1 is 1.11 bits per heavy atom. The van der Waals surface area contributed by atoms with Crippen molar-refractivity contribution in [2.45, 2.75) is 6.54 Å². The summed E-state index contributed by atoms with van der Waals surface area (Å²) in [7, 11) is 1.55. The van der Waals surface area contributed by atoms with E-state index in [1.807, 2.05) is 6.07 Å². The summed E-state index contributed by atoms with van der Waals surface area (Å²) in [5.74, 6) is 0.200. The molecule has 0 saturated carbocycles. The summed E-state index contributed by atoms with van der Waals surface area (Å²) in [6.07, 6.45) is 4.60. The van der Waals surface area contributed by atoms with Crippen molar-refractivity contribution in [1.29, 1.82) is 0 Å². The number of carbonyl (C=O) groups excluding carboxylic acids is 2. The second-order valence-electron chi connectivity index (χ2n) is 5.76. The van der Waals surface area contributed by atoms with Crippen molar-refractivity contribution in [3.8, 4) is 5.75 Å². The number of ether oxygens (including phenoxy) is 1. The zero-order valence-corrected chi connectivity index (χ0v) is 15.2. The highest BCUT2D eigenvalue weighted by atomic mass is 16.5. The van der Waals surface area contributed by atoms with E-state index in [9.17, 15) is 9.59 Å². The maximum atomic E-state index is 12.6. The molecule has 0 aliphatic carbocycles. The molecule has 7 nitrogen and oxygen atoms in total. The molecule has 0 unspecified atom stereocenters. The maximum Gasteiger partial charge on any atom is 0.268 e. The smallest absolute Gasteiger partial charge is 0.268 e. The quantitative estimate of drug-likeness (QED) is 0.618. The van der Waals surface area contributed by atoms with Crippen LogP contribution >= 0.6 is 0 Å². The third-order valence-electron chi connectivity index (χ3n) is 3.83. The summed E-state index contributed by atoms with van der Waals surface area (Å²) in [5.41, 5.74) is 1.16. The molecule has 28 heavy (non-hydrogen) atoms. The Labute approximate surface area is 162 Å². The SMILES string of the molecule is COc1ccc(C(=O)N/C(=C\c2ccco2)C(=O)NCc2ccccn2)cc1. The monoisotopic (exact) mass is 377 g/mol. The number of hydrogen-bond acceptors (Lipinski definition) is 5. The number of nitrogens with one attached hydrogen (secondary N) is 2. The molecule has 0 fully saturated rings. The summed E-state index contributed by atoms with van der Waals surface area (Å²) in [4.78, 5) is 29.3. The number of aromatic nitrogens is 1. The summed E-state index contributed by atoms with van der Waals surface area (Å²) in [6.45, 7) is 0.230. The number of pyridine rings is 1. The molecule has 7 heteroatoms. The summed E-state index contributed by atoms with van der Waals surface area (Å²) in [5, 5.41) is 5.37. The molecule has 2 N–H and O–H groups in total. The Balaban J connectivity index is 1.74. The van der Waals surface area contributed by atoms with Crippen LogP contribution < -0.4 is 15.4 Å². The zero-order valence-electron chi connectivity index (χ0n) is 15.2. The number of carbonyl (C=O) groups is 2. The van der Waals surface area contributed by atoms with Gasteiger partial charge in [0.15, 0.2) is 0 Å². The van der Waals surface area contributed by atoms with E-state index in [1.54, 1.807) is 61.8 Å². The molecule has 142 valence electrons. The highest BCUT2D eigenvalue weighted by molar-refractivity contribution is 6.05. The van der Waals surface area contributed by atoms with Crippen LogP contribution in [-0.2, 0) is 11.3 Å². The number of rotatable bonds is 7. The lowest BCUT2D eigenvalue weighted by Crippen LogP contribution is -2.34. The van der Waals surface area contributed by atoms with Gasteiger partial charge in [-0.2, -0.15) is 0 Å².